The molecule has 5 nitrogen and oxygen atoms in total. The van der Waals surface area contributed by atoms with Crippen molar-refractivity contribution in [3.05, 3.63) is 46.7 Å². The molecule has 8 heteroatoms. The normalized spacial score (nSPS) is 18.3. The third-order valence-corrected chi connectivity index (χ3v) is 3.45. The molecule has 0 radical (unpaired) electrons. The zero-order valence-corrected chi connectivity index (χ0v) is 12.8. The summed E-state index contributed by atoms with van der Waals surface area (Å²) in [6, 6.07) is 3.06. The van der Waals surface area contributed by atoms with Crippen LogP contribution in [0.1, 0.15) is 24.1 Å². The smallest absolute Gasteiger partial charge is 0.345 e. The van der Waals surface area contributed by atoms with Gasteiger partial charge in [0.15, 0.2) is 0 Å². The first-order chi connectivity index (χ1) is 10.6. The molecule has 1 atom stereocenters. The number of hydrogen-bond donors (Lipinski definition) is 2. The first-order valence-electron chi connectivity index (χ1n) is 6.78. The maximum Gasteiger partial charge on any atom is 0.416 e. The van der Waals surface area contributed by atoms with Crippen molar-refractivity contribution < 1.29 is 22.8 Å². The molecule has 3 amide bonds. The monoisotopic (exact) mass is 327 g/mol. The highest BCUT2D eigenvalue weighted by molar-refractivity contribution is 5.98. The molecule has 0 aliphatic carbocycles. The van der Waals surface area contributed by atoms with E-state index in [-0.39, 0.29) is 11.1 Å². The topological polar surface area (TPSA) is 61.4 Å². The van der Waals surface area contributed by atoms with E-state index in [0.717, 1.165) is 12.1 Å². The highest BCUT2D eigenvalue weighted by atomic mass is 19.4. The molecule has 23 heavy (non-hydrogen) atoms. The molecule has 124 valence electrons. The maximum atomic E-state index is 12.9. The van der Waals surface area contributed by atoms with Crippen molar-refractivity contribution in [2.45, 2.75) is 19.1 Å². The van der Waals surface area contributed by atoms with E-state index in [9.17, 15) is 22.8 Å². The summed E-state index contributed by atoms with van der Waals surface area (Å²) in [7, 11) is 3.06. The van der Waals surface area contributed by atoms with E-state index >= 15 is 0 Å². The number of carbonyl (C=O) groups is 2. The van der Waals surface area contributed by atoms with Crippen LogP contribution in [0.3, 0.4) is 0 Å². The standard InChI is InChI=1S/C15H16F3N3O2/c1-8-11(13(22)21(2)3)12(20-14(23)19-8)9-5-4-6-10(7-9)15(16,17)18/h4-7,12H,1-3H3,(H2,19,20,23)/t12-/m1/s1. The van der Waals surface area contributed by atoms with E-state index in [2.05, 4.69) is 10.6 Å². The van der Waals surface area contributed by atoms with Crippen LogP contribution in [0.2, 0.25) is 0 Å². The Morgan fingerprint density at radius 1 is 1.26 bits per heavy atom. The number of likely N-dealkylation sites (N-methyl/N-ethyl adjacent to an activating group) is 1. The molecule has 1 aliphatic rings. The lowest BCUT2D eigenvalue weighted by molar-refractivity contribution is -0.137. The van der Waals surface area contributed by atoms with E-state index < -0.39 is 29.7 Å². The summed E-state index contributed by atoms with van der Waals surface area (Å²) in [5.74, 6) is -0.391. The number of halogens is 3. The number of benzene rings is 1. The number of rotatable bonds is 2. The molecule has 0 spiro atoms. The fraction of sp³-hybridized carbons (Fsp3) is 0.333. The molecule has 0 fully saturated rings. The lowest BCUT2D eigenvalue weighted by atomic mass is 9.93. The zero-order valence-electron chi connectivity index (χ0n) is 12.8. The molecule has 0 saturated carbocycles. The number of carbonyl (C=O) groups excluding carboxylic acids is 2. The van der Waals surface area contributed by atoms with Gasteiger partial charge in [0.1, 0.15) is 0 Å². The van der Waals surface area contributed by atoms with Crippen molar-refractivity contribution in [1.29, 1.82) is 0 Å². The Balaban J connectivity index is 2.53. The first-order valence-corrected chi connectivity index (χ1v) is 6.78. The van der Waals surface area contributed by atoms with Crippen LogP contribution in [0.4, 0.5) is 18.0 Å². The van der Waals surface area contributed by atoms with Crippen molar-refractivity contribution in [1.82, 2.24) is 15.5 Å². The number of urea groups is 1. The molecule has 1 aromatic rings. The molecule has 2 rings (SSSR count). The number of nitrogens with one attached hydrogen (secondary N) is 2. The Kier molecular flexibility index (Phi) is 4.35. The lowest BCUT2D eigenvalue weighted by Gasteiger charge is -2.30. The third kappa shape index (κ3) is 3.46. The maximum absolute atomic E-state index is 12.9. The third-order valence-electron chi connectivity index (χ3n) is 3.45. The summed E-state index contributed by atoms with van der Waals surface area (Å²) in [4.78, 5) is 25.3. The van der Waals surface area contributed by atoms with Gasteiger partial charge in [-0.05, 0) is 24.6 Å². The molecule has 1 aromatic carbocycles. The van der Waals surface area contributed by atoms with Crippen LogP contribution in [0, 0.1) is 0 Å². The number of hydrogen-bond acceptors (Lipinski definition) is 2. The number of alkyl halides is 3. The van der Waals surface area contributed by atoms with E-state index in [1.807, 2.05) is 0 Å². The van der Waals surface area contributed by atoms with Gasteiger partial charge in [0, 0.05) is 19.8 Å². The summed E-state index contributed by atoms with van der Waals surface area (Å²) in [6.45, 7) is 1.54. The van der Waals surface area contributed by atoms with Gasteiger partial charge in [-0.25, -0.2) is 4.79 Å². The first kappa shape index (κ1) is 16.9. The van der Waals surface area contributed by atoms with Gasteiger partial charge in [0.05, 0.1) is 17.2 Å². The zero-order chi connectivity index (χ0) is 17.4. The minimum atomic E-state index is -4.50. The Morgan fingerprint density at radius 2 is 1.91 bits per heavy atom. The Labute approximate surface area is 131 Å². The molecular formula is C15H16F3N3O2. The molecule has 0 saturated heterocycles. The number of nitrogens with zero attached hydrogens (tertiary/aromatic N) is 1. The SMILES string of the molecule is CC1=C(C(=O)N(C)C)[C@@H](c2cccc(C(F)(F)F)c2)NC(=O)N1. The second-order valence-corrected chi connectivity index (χ2v) is 5.39. The molecule has 0 aromatic heterocycles. The van der Waals surface area contributed by atoms with Gasteiger partial charge < -0.3 is 15.5 Å². The minimum absolute atomic E-state index is 0.194. The largest absolute Gasteiger partial charge is 0.416 e. The summed E-state index contributed by atoms with van der Waals surface area (Å²) in [5.41, 5.74) is -0.125. The van der Waals surface area contributed by atoms with E-state index in [4.69, 9.17) is 0 Å². The Hall–Kier alpha value is -2.51. The number of amides is 3. The van der Waals surface area contributed by atoms with Gasteiger partial charge >= 0.3 is 12.2 Å². The number of allylic oxidation sites excluding steroid dienone is 1. The molecule has 2 N–H and O–H groups in total. The molecular weight excluding hydrogens is 311 g/mol. The Morgan fingerprint density at radius 3 is 2.48 bits per heavy atom. The highest BCUT2D eigenvalue weighted by Crippen LogP contribution is 2.33. The average Bonchev–Trinajstić information content (AvgIpc) is 2.45. The summed E-state index contributed by atoms with van der Waals surface area (Å²) < 4.78 is 38.7. The van der Waals surface area contributed by atoms with Crippen molar-refractivity contribution in [3.8, 4) is 0 Å². The van der Waals surface area contributed by atoms with Crippen molar-refractivity contribution in [2.24, 2.45) is 0 Å². The van der Waals surface area contributed by atoms with Gasteiger partial charge in [-0.1, -0.05) is 12.1 Å². The van der Waals surface area contributed by atoms with Crippen LogP contribution >= 0.6 is 0 Å². The molecule has 1 heterocycles. The summed E-state index contributed by atoms with van der Waals surface area (Å²) in [6.07, 6.45) is -4.50. The van der Waals surface area contributed by atoms with Gasteiger partial charge in [0.25, 0.3) is 5.91 Å². The van der Waals surface area contributed by atoms with Gasteiger partial charge in [-0.15, -0.1) is 0 Å². The fourth-order valence-electron chi connectivity index (χ4n) is 2.36. The van der Waals surface area contributed by atoms with Gasteiger partial charge in [-0.2, -0.15) is 13.2 Å². The second-order valence-electron chi connectivity index (χ2n) is 5.39. The fourth-order valence-corrected chi connectivity index (χ4v) is 2.36. The summed E-state index contributed by atoms with van der Waals surface area (Å²) >= 11 is 0. The van der Waals surface area contributed by atoms with Crippen LogP contribution in [0.5, 0.6) is 0 Å². The predicted molar refractivity (Wildman–Crippen MR) is 77.2 cm³/mol. The van der Waals surface area contributed by atoms with E-state index in [1.54, 1.807) is 0 Å². The van der Waals surface area contributed by atoms with Crippen LogP contribution in [0.15, 0.2) is 35.5 Å². The highest BCUT2D eigenvalue weighted by Gasteiger charge is 2.35. The lowest BCUT2D eigenvalue weighted by Crippen LogP contribution is -2.46. The van der Waals surface area contributed by atoms with Crippen molar-refractivity contribution >= 4 is 11.9 Å². The summed E-state index contributed by atoms with van der Waals surface area (Å²) in [5, 5.41) is 4.97. The van der Waals surface area contributed by atoms with Crippen LogP contribution < -0.4 is 10.6 Å². The quantitative estimate of drug-likeness (QED) is 0.876. The van der Waals surface area contributed by atoms with E-state index in [1.165, 1.54) is 38.1 Å². The molecule has 0 unspecified atom stereocenters. The van der Waals surface area contributed by atoms with Crippen molar-refractivity contribution in [2.75, 3.05) is 14.1 Å². The molecule has 0 bridgehead atoms. The van der Waals surface area contributed by atoms with Crippen molar-refractivity contribution in [3.63, 3.8) is 0 Å². The minimum Gasteiger partial charge on any atom is -0.345 e. The van der Waals surface area contributed by atoms with Gasteiger partial charge in [0.2, 0.25) is 0 Å². The van der Waals surface area contributed by atoms with Crippen LogP contribution in [-0.2, 0) is 11.0 Å². The average molecular weight is 327 g/mol. The predicted octanol–water partition coefficient (Wildman–Crippen LogP) is 2.42. The molecule has 1 aliphatic heterocycles. The van der Waals surface area contributed by atoms with E-state index in [0.29, 0.717) is 5.70 Å². The van der Waals surface area contributed by atoms with Crippen LogP contribution in [-0.4, -0.2) is 30.9 Å². The second kappa shape index (κ2) is 5.94. The Bertz CT molecular complexity index is 681. The van der Waals surface area contributed by atoms with Gasteiger partial charge in [-0.3, -0.25) is 4.79 Å². The van der Waals surface area contributed by atoms with Crippen LogP contribution in [0.25, 0.3) is 0 Å².